The van der Waals surface area contributed by atoms with Gasteiger partial charge in [-0.2, -0.15) is 0 Å². The van der Waals surface area contributed by atoms with Gasteiger partial charge in [0.25, 0.3) is 0 Å². The smallest absolute Gasteiger partial charge is 0.225 e. The lowest BCUT2D eigenvalue weighted by molar-refractivity contribution is 0.318. The van der Waals surface area contributed by atoms with E-state index in [0.29, 0.717) is 11.6 Å². The maximum Gasteiger partial charge on any atom is 0.225 e. The van der Waals surface area contributed by atoms with Crippen molar-refractivity contribution in [3.05, 3.63) is 39.8 Å². The second kappa shape index (κ2) is 6.33. The summed E-state index contributed by atoms with van der Waals surface area (Å²) in [5, 5.41) is 13.8. The Labute approximate surface area is 121 Å². The molecule has 0 aliphatic carbocycles. The van der Waals surface area contributed by atoms with Gasteiger partial charge in [-0.1, -0.05) is 11.2 Å². The average Bonchev–Trinajstić information content (AvgIpc) is 2.96. The van der Waals surface area contributed by atoms with Crippen LogP contribution in [0.25, 0.3) is 0 Å². The first-order valence-electron chi connectivity index (χ1n) is 6.17. The number of oxime groups is 1. The molecule has 3 N–H and O–H groups in total. The fourth-order valence-corrected chi connectivity index (χ4v) is 2.44. The third-order valence-electron chi connectivity index (χ3n) is 2.83. The molecule has 2 aromatic rings. The Balaban J connectivity index is 2.12. The Bertz CT molecular complexity index is 597. The zero-order chi connectivity index (χ0) is 14.5. The zero-order valence-corrected chi connectivity index (χ0v) is 12.3. The summed E-state index contributed by atoms with van der Waals surface area (Å²) in [5.74, 6) is 0.562. The van der Waals surface area contributed by atoms with Crippen LogP contribution in [-0.4, -0.2) is 34.6 Å². The first-order valence-corrected chi connectivity index (χ1v) is 7.05. The summed E-state index contributed by atoms with van der Waals surface area (Å²) in [6.07, 6.45) is 0.935. The van der Waals surface area contributed by atoms with Gasteiger partial charge in [-0.05, 0) is 30.9 Å². The van der Waals surface area contributed by atoms with Gasteiger partial charge in [0, 0.05) is 24.2 Å². The number of hydrogen-bond donors (Lipinski definition) is 2. The van der Waals surface area contributed by atoms with Gasteiger partial charge < -0.3 is 15.8 Å². The molecule has 2 aromatic heterocycles. The number of aromatic nitrogens is 2. The van der Waals surface area contributed by atoms with E-state index in [1.165, 1.54) is 4.88 Å². The number of aryl methyl sites for hydroxylation is 1. The summed E-state index contributed by atoms with van der Waals surface area (Å²) in [7, 11) is 1.93. The van der Waals surface area contributed by atoms with Gasteiger partial charge >= 0.3 is 0 Å². The normalized spacial score (nSPS) is 11.6. The highest BCUT2D eigenvalue weighted by molar-refractivity contribution is 7.09. The predicted octanol–water partition coefficient (Wildman–Crippen LogP) is 1.62. The van der Waals surface area contributed by atoms with Crippen molar-refractivity contribution < 1.29 is 5.21 Å². The lowest BCUT2D eigenvalue weighted by atomic mass is 10.3. The first kappa shape index (κ1) is 14.3. The van der Waals surface area contributed by atoms with Crippen LogP contribution in [-0.2, 0) is 6.42 Å². The summed E-state index contributed by atoms with van der Waals surface area (Å²) in [5.41, 5.74) is 6.78. The summed E-state index contributed by atoms with van der Waals surface area (Å²) in [4.78, 5) is 12.0. The molecule has 2 rings (SSSR count). The highest BCUT2D eigenvalue weighted by Crippen LogP contribution is 2.13. The van der Waals surface area contributed by atoms with Crippen LogP contribution in [0.4, 0.5) is 5.95 Å². The molecule has 0 radical (unpaired) electrons. The van der Waals surface area contributed by atoms with Crippen molar-refractivity contribution in [2.75, 3.05) is 18.5 Å². The van der Waals surface area contributed by atoms with Gasteiger partial charge in [-0.3, -0.25) is 0 Å². The Morgan fingerprint density at radius 3 is 2.95 bits per heavy atom. The molecule has 2 heterocycles. The molecule has 0 saturated heterocycles. The number of amidine groups is 1. The SMILES string of the molecule is Cc1cc(/C(N)=N/O)nc(N(C)CCc2cccs2)n1. The zero-order valence-electron chi connectivity index (χ0n) is 11.4. The quantitative estimate of drug-likeness (QED) is 0.378. The molecular formula is C13H17N5OS. The molecule has 7 heteroatoms. The molecular weight excluding hydrogens is 274 g/mol. The lowest BCUT2D eigenvalue weighted by Gasteiger charge is -2.17. The van der Waals surface area contributed by atoms with E-state index < -0.39 is 0 Å². The number of anilines is 1. The molecule has 0 unspecified atom stereocenters. The summed E-state index contributed by atoms with van der Waals surface area (Å²) < 4.78 is 0. The molecule has 0 bridgehead atoms. The number of nitrogens with two attached hydrogens (primary N) is 1. The first-order chi connectivity index (χ1) is 9.60. The molecule has 0 atom stereocenters. The van der Waals surface area contributed by atoms with E-state index in [0.717, 1.165) is 18.7 Å². The Morgan fingerprint density at radius 2 is 2.30 bits per heavy atom. The molecule has 0 spiro atoms. The maximum atomic E-state index is 8.73. The summed E-state index contributed by atoms with van der Waals surface area (Å²) >= 11 is 1.74. The molecule has 0 aliphatic heterocycles. The second-order valence-corrected chi connectivity index (χ2v) is 5.46. The lowest BCUT2D eigenvalue weighted by Crippen LogP contribution is -2.25. The van der Waals surface area contributed by atoms with E-state index in [1.54, 1.807) is 17.4 Å². The van der Waals surface area contributed by atoms with Crippen LogP contribution in [0.1, 0.15) is 16.3 Å². The van der Waals surface area contributed by atoms with Gasteiger partial charge in [0.05, 0.1) is 0 Å². The van der Waals surface area contributed by atoms with Crippen molar-refractivity contribution in [2.24, 2.45) is 10.9 Å². The monoisotopic (exact) mass is 291 g/mol. The number of nitrogens with zero attached hydrogens (tertiary/aromatic N) is 4. The van der Waals surface area contributed by atoms with Crippen molar-refractivity contribution in [1.29, 1.82) is 0 Å². The minimum Gasteiger partial charge on any atom is -0.409 e. The van der Waals surface area contributed by atoms with Crippen LogP contribution in [0.5, 0.6) is 0 Å². The van der Waals surface area contributed by atoms with Crippen LogP contribution in [0.2, 0.25) is 0 Å². The van der Waals surface area contributed by atoms with Gasteiger partial charge in [0.15, 0.2) is 5.84 Å². The van der Waals surface area contributed by atoms with E-state index >= 15 is 0 Å². The second-order valence-electron chi connectivity index (χ2n) is 4.43. The van der Waals surface area contributed by atoms with Crippen LogP contribution in [0.15, 0.2) is 28.7 Å². The van der Waals surface area contributed by atoms with E-state index in [9.17, 15) is 0 Å². The standard InChI is InChI=1S/C13H17N5OS/c1-9-8-11(12(14)17-19)16-13(15-9)18(2)6-5-10-4-3-7-20-10/h3-4,7-8,19H,5-6H2,1-2H3,(H2,14,17). The summed E-state index contributed by atoms with van der Waals surface area (Å²) in [6.45, 7) is 2.66. The van der Waals surface area contributed by atoms with Gasteiger partial charge in [0.2, 0.25) is 5.95 Å². The minimum absolute atomic E-state index is 0.0107. The fraction of sp³-hybridized carbons (Fsp3) is 0.308. The van der Waals surface area contributed by atoms with E-state index in [1.807, 2.05) is 24.9 Å². The molecule has 0 aliphatic rings. The largest absolute Gasteiger partial charge is 0.409 e. The van der Waals surface area contributed by atoms with Crippen LogP contribution in [0.3, 0.4) is 0 Å². The Kier molecular flexibility index (Phi) is 4.52. The minimum atomic E-state index is -0.0107. The number of likely N-dealkylation sites (N-methyl/N-ethyl adjacent to an activating group) is 1. The number of hydrogen-bond acceptors (Lipinski definition) is 6. The van der Waals surface area contributed by atoms with Crippen molar-refractivity contribution >= 4 is 23.1 Å². The Hall–Kier alpha value is -2.15. The predicted molar refractivity (Wildman–Crippen MR) is 80.6 cm³/mol. The molecule has 6 nitrogen and oxygen atoms in total. The van der Waals surface area contributed by atoms with E-state index in [4.69, 9.17) is 10.9 Å². The van der Waals surface area contributed by atoms with Gasteiger partial charge in [0.1, 0.15) is 5.69 Å². The van der Waals surface area contributed by atoms with Crippen molar-refractivity contribution in [3.8, 4) is 0 Å². The van der Waals surface area contributed by atoms with Crippen molar-refractivity contribution in [3.63, 3.8) is 0 Å². The van der Waals surface area contributed by atoms with Gasteiger partial charge in [-0.15, -0.1) is 11.3 Å². The Morgan fingerprint density at radius 1 is 1.50 bits per heavy atom. The summed E-state index contributed by atoms with van der Waals surface area (Å²) in [6, 6.07) is 5.84. The third kappa shape index (κ3) is 3.45. The number of thiophene rings is 1. The molecule has 0 fully saturated rings. The van der Waals surface area contributed by atoms with Crippen LogP contribution in [0, 0.1) is 6.92 Å². The highest BCUT2D eigenvalue weighted by Gasteiger charge is 2.10. The number of rotatable bonds is 5. The molecule has 0 aromatic carbocycles. The molecule has 0 saturated carbocycles. The fourth-order valence-electron chi connectivity index (χ4n) is 1.74. The molecule has 0 amide bonds. The highest BCUT2D eigenvalue weighted by atomic mass is 32.1. The third-order valence-corrected chi connectivity index (χ3v) is 3.76. The average molecular weight is 291 g/mol. The molecule has 106 valence electrons. The van der Waals surface area contributed by atoms with Crippen molar-refractivity contribution in [2.45, 2.75) is 13.3 Å². The van der Waals surface area contributed by atoms with Gasteiger partial charge in [-0.25, -0.2) is 9.97 Å². The topological polar surface area (TPSA) is 87.6 Å². The molecule has 20 heavy (non-hydrogen) atoms. The maximum absolute atomic E-state index is 8.73. The van der Waals surface area contributed by atoms with Crippen molar-refractivity contribution in [1.82, 2.24) is 9.97 Å². The van der Waals surface area contributed by atoms with E-state index in [2.05, 4.69) is 26.6 Å². The van der Waals surface area contributed by atoms with Crippen LogP contribution < -0.4 is 10.6 Å². The van der Waals surface area contributed by atoms with Crippen LogP contribution >= 0.6 is 11.3 Å². The van der Waals surface area contributed by atoms with E-state index in [-0.39, 0.29) is 5.84 Å².